The van der Waals surface area contributed by atoms with Crippen molar-refractivity contribution in [3.8, 4) is 0 Å². The molecule has 1 aliphatic heterocycles. The van der Waals surface area contributed by atoms with Crippen molar-refractivity contribution in [2.75, 3.05) is 6.61 Å². The van der Waals surface area contributed by atoms with E-state index in [4.69, 9.17) is 4.74 Å². The minimum atomic E-state index is 0.487. The molecule has 1 nitrogen and oxygen atoms in total. The fourth-order valence-corrected chi connectivity index (χ4v) is 1.37. The van der Waals surface area contributed by atoms with Crippen LogP contribution in [-0.4, -0.2) is 12.7 Å². The second-order valence-electron chi connectivity index (χ2n) is 3.36. The van der Waals surface area contributed by atoms with Crippen LogP contribution in [0.15, 0.2) is 0 Å². The summed E-state index contributed by atoms with van der Waals surface area (Å²) in [6, 6.07) is 0. The summed E-state index contributed by atoms with van der Waals surface area (Å²) in [6.07, 6.45) is 1.82. The van der Waals surface area contributed by atoms with Crippen molar-refractivity contribution in [2.45, 2.75) is 33.3 Å². The highest BCUT2D eigenvalue weighted by Gasteiger charge is 2.21. The molecule has 1 heterocycles. The summed E-state index contributed by atoms with van der Waals surface area (Å²) in [6.45, 7) is 7.64. The molecule has 0 aromatic carbocycles. The molecule has 3 atom stereocenters. The normalized spacial score (nSPS) is 45.0. The highest BCUT2D eigenvalue weighted by molar-refractivity contribution is 4.70. The lowest BCUT2D eigenvalue weighted by Crippen LogP contribution is -2.29. The van der Waals surface area contributed by atoms with E-state index in [2.05, 4.69) is 20.8 Å². The van der Waals surface area contributed by atoms with Gasteiger partial charge < -0.3 is 4.74 Å². The van der Waals surface area contributed by atoms with Crippen LogP contribution < -0.4 is 0 Å². The molecule has 0 saturated carbocycles. The summed E-state index contributed by atoms with van der Waals surface area (Å²) in [5.41, 5.74) is 0. The topological polar surface area (TPSA) is 9.23 Å². The Hall–Kier alpha value is -0.0400. The number of hydrogen-bond acceptors (Lipinski definition) is 1. The smallest absolute Gasteiger partial charge is 0.0572 e. The van der Waals surface area contributed by atoms with E-state index < -0.39 is 0 Å². The first-order valence-corrected chi connectivity index (χ1v) is 3.81. The maximum absolute atomic E-state index is 5.50. The fourth-order valence-electron chi connectivity index (χ4n) is 1.37. The predicted octanol–water partition coefficient (Wildman–Crippen LogP) is 2.07. The van der Waals surface area contributed by atoms with Crippen molar-refractivity contribution < 1.29 is 4.74 Å². The van der Waals surface area contributed by atoms with Gasteiger partial charge in [0, 0.05) is 6.61 Å². The van der Waals surface area contributed by atoms with Crippen molar-refractivity contribution >= 4 is 0 Å². The van der Waals surface area contributed by atoms with Crippen molar-refractivity contribution in [1.82, 2.24) is 0 Å². The largest absolute Gasteiger partial charge is 0.378 e. The van der Waals surface area contributed by atoms with Crippen LogP contribution in [0.25, 0.3) is 0 Å². The van der Waals surface area contributed by atoms with Crippen LogP contribution >= 0.6 is 0 Å². The Morgan fingerprint density at radius 1 is 1.22 bits per heavy atom. The first-order chi connectivity index (χ1) is 4.20. The molecular weight excluding hydrogens is 112 g/mol. The van der Waals surface area contributed by atoms with Gasteiger partial charge in [-0.15, -0.1) is 0 Å². The molecule has 0 spiro atoms. The average molecular weight is 128 g/mol. The van der Waals surface area contributed by atoms with Gasteiger partial charge in [-0.3, -0.25) is 0 Å². The van der Waals surface area contributed by atoms with E-state index in [1.54, 1.807) is 0 Å². The molecule has 1 rings (SSSR count). The minimum Gasteiger partial charge on any atom is -0.378 e. The summed E-state index contributed by atoms with van der Waals surface area (Å²) in [7, 11) is 0. The molecule has 0 aromatic heterocycles. The van der Waals surface area contributed by atoms with Gasteiger partial charge in [0.2, 0.25) is 0 Å². The molecule has 1 saturated heterocycles. The zero-order valence-electron chi connectivity index (χ0n) is 6.55. The van der Waals surface area contributed by atoms with Gasteiger partial charge in [-0.25, -0.2) is 0 Å². The Kier molecular flexibility index (Phi) is 2.12. The van der Waals surface area contributed by atoms with Gasteiger partial charge in [0.1, 0.15) is 0 Å². The van der Waals surface area contributed by atoms with E-state index in [9.17, 15) is 0 Å². The lowest BCUT2D eigenvalue weighted by molar-refractivity contribution is -0.0351. The third-order valence-corrected chi connectivity index (χ3v) is 2.22. The molecular formula is C8H16O. The lowest BCUT2D eigenvalue weighted by Gasteiger charge is -2.30. The molecule has 1 heteroatoms. The fraction of sp³-hybridized carbons (Fsp3) is 1.00. The molecule has 0 aromatic rings. The van der Waals surface area contributed by atoms with Gasteiger partial charge in [0.05, 0.1) is 6.10 Å². The maximum atomic E-state index is 5.50. The van der Waals surface area contributed by atoms with E-state index in [-0.39, 0.29) is 0 Å². The SMILES string of the molecule is C[C@@H]1CO[C@H](C)[C@H](C)C1. The molecule has 0 N–H and O–H groups in total. The maximum Gasteiger partial charge on any atom is 0.0572 e. The van der Waals surface area contributed by atoms with Crippen LogP contribution in [0.1, 0.15) is 27.2 Å². The first kappa shape index (κ1) is 7.07. The van der Waals surface area contributed by atoms with Crippen LogP contribution in [0.5, 0.6) is 0 Å². The van der Waals surface area contributed by atoms with Gasteiger partial charge in [-0.1, -0.05) is 13.8 Å². The molecule has 1 fully saturated rings. The minimum absolute atomic E-state index is 0.487. The molecule has 9 heavy (non-hydrogen) atoms. The molecule has 0 radical (unpaired) electrons. The summed E-state index contributed by atoms with van der Waals surface area (Å²) < 4.78 is 5.50. The molecule has 0 bridgehead atoms. The molecule has 0 unspecified atom stereocenters. The van der Waals surface area contributed by atoms with Gasteiger partial charge in [0.15, 0.2) is 0 Å². The highest BCUT2D eigenvalue weighted by Crippen LogP contribution is 2.23. The van der Waals surface area contributed by atoms with Gasteiger partial charge in [-0.2, -0.15) is 0 Å². The Balaban J connectivity index is 2.35. The number of ether oxygens (including phenoxy) is 1. The van der Waals surface area contributed by atoms with Gasteiger partial charge in [0.25, 0.3) is 0 Å². The van der Waals surface area contributed by atoms with Crippen LogP contribution in [0.4, 0.5) is 0 Å². The number of hydrogen-bond donors (Lipinski definition) is 0. The average Bonchev–Trinajstić information content (AvgIpc) is 1.80. The Morgan fingerprint density at radius 2 is 1.89 bits per heavy atom. The zero-order valence-corrected chi connectivity index (χ0v) is 6.55. The predicted molar refractivity (Wildman–Crippen MR) is 38.4 cm³/mol. The van der Waals surface area contributed by atoms with E-state index in [0.29, 0.717) is 6.10 Å². The van der Waals surface area contributed by atoms with Gasteiger partial charge in [-0.05, 0) is 25.2 Å². The van der Waals surface area contributed by atoms with E-state index in [1.165, 1.54) is 6.42 Å². The quantitative estimate of drug-likeness (QED) is 0.485. The first-order valence-electron chi connectivity index (χ1n) is 3.81. The van der Waals surface area contributed by atoms with Crippen molar-refractivity contribution in [1.29, 1.82) is 0 Å². The van der Waals surface area contributed by atoms with Crippen LogP contribution in [0, 0.1) is 11.8 Å². The molecule has 1 aliphatic rings. The lowest BCUT2D eigenvalue weighted by atomic mass is 9.91. The monoisotopic (exact) mass is 128 g/mol. The Bertz CT molecular complexity index is 90.6. The van der Waals surface area contributed by atoms with Crippen LogP contribution in [-0.2, 0) is 4.74 Å². The van der Waals surface area contributed by atoms with E-state index in [1.807, 2.05) is 0 Å². The molecule has 54 valence electrons. The summed E-state index contributed by atoms with van der Waals surface area (Å²) in [5, 5.41) is 0. The van der Waals surface area contributed by atoms with E-state index in [0.717, 1.165) is 18.4 Å². The molecule has 0 amide bonds. The Labute approximate surface area is 57.4 Å². The Morgan fingerprint density at radius 3 is 2.33 bits per heavy atom. The van der Waals surface area contributed by atoms with Crippen LogP contribution in [0.3, 0.4) is 0 Å². The summed E-state index contributed by atoms with van der Waals surface area (Å²) >= 11 is 0. The van der Waals surface area contributed by atoms with Crippen molar-refractivity contribution in [3.05, 3.63) is 0 Å². The van der Waals surface area contributed by atoms with E-state index >= 15 is 0 Å². The van der Waals surface area contributed by atoms with Crippen molar-refractivity contribution in [3.63, 3.8) is 0 Å². The second-order valence-corrected chi connectivity index (χ2v) is 3.36. The van der Waals surface area contributed by atoms with Crippen LogP contribution in [0.2, 0.25) is 0 Å². The summed E-state index contributed by atoms with van der Waals surface area (Å²) in [4.78, 5) is 0. The number of rotatable bonds is 0. The summed E-state index contributed by atoms with van der Waals surface area (Å²) in [5.74, 6) is 1.53. The third-order valence-electron chi connectivity index (χ3n) is 2.22. The second kappa shape index (κ2) is 2.70. The highest BCUT2D eigenvalue weighted by atomic mass is 16.5. The molecule has 0 aliphatic carbocycles. The zero-order chi connectivity index (χ0) is 6.85. The third kappa shape index (κ3) is 1.68. The van der Waals surface area contributed by atoms with Gasteiger partial charge >= 0.3 is 0 Å². The van der Waals surface area contributed by atoms with Crippen molar-refractivity contribution in [2.24, 2.45) is 11.8 Å². The standard InChI is InChI=1S/C8H16O/c1-6-4-7(2)8(3)9-5-6/h6-8H,4-5H2,1-3H3/t6-,7+,8+/m0/s1.